The summed E-state index contributed by atoms with van der Waals surface area (Å²) in [5.41, 5.74) is 0.597. The molecular weight excluding hydrogens is 454 g/mol. The zero-order valence-electron chi connectivity index (χ0n) is 21.6. The molecule has 1 rings (SSSR count). The molecule has 1 atom stereocenters. The van der Waals surface area contributed by atoms with Gasteiger partial charge in [0, 0.05) is 12.8 Å². The van der Waals surface area contributed by atoms with E-state index < -0.39 is 12.0 Å². The fourth-order valence-corrected chi connectivity index (χ4v) is 3.28. The maximum atomic E-state index is 12.3. The predicted octanol–water partition coefficient (Wildman–Crippen LogP) is 6.22. The van der Waals surface area contributed by atoms with E-state index in [1.807, 2.05) is 0 Å². The lowest BCUT2D eigenvalue weighted by molar-refractivity contribution is -0.145. The van der Waals surface area contributed by atoms with Gasteiger partial charge in [-0.2, -0.15) is 0 Å². The van der Waals surface area contributed by atoms with Gasteiger partial charge in [0.05, 0.1) is 7.11 Å². The topological polar surface area (TPSA) is 95.9 Å². The lowest BCUT2D eigenvalue weighted by atomic mass is 10.0. The molecule has 0 fully saturated rings. The van der Waals surface area contributed by atoms with Gasteiger partial charge in [-0.3, -0.25) is 4.79 Å². The summed E-state index contributed by atoms with van der Waals surface area (Å²) in [7, 11) is 1.26. The predicted molar refractivity (Wildman–Crippen MR) is 146 cm³/mol. The highest BCUT2D eigenvalue weighted by Crippen LogP contribution is 2.25. The Hall–Kier alpha value is -3.54. The third-order valence-corrected chi connectivity index (χ3v) is 5.23. The van der Waals surface area contributed by atoms with Gasteiger partial charge < -0.3 is 20.3 Å². The molecule has 0 spiro atoms. The molecule has 0 aromatic heterocycles. The Labute approximate surface area is 215 Å². The highest BCUT2D eigenvalue weighted by atomic mass is 16.5. The number of carbonyl (C=O) groups is 2. The smallest absolute Gasteiger partial charge is 0.328 e. The van der Waals surface area contributed by atoms with Gasteiger partial charge in [-0.05, 0) is 62.6 Å². The van der Waals surface area contributed by atoms with Crippen molar-refractivity contribution in [1.82, 2.24) is 5.32 Å². The number of hydrogen-bond acceptors (Lipinski definition) is 5. The van der Waals surface area contributed by atoms with Gasteiger partial charge in [0.15, 0.2) is 11.5 Å². The molecule has 1 amide bonds. The number of phenolic OH excluding ortho intramolecular Hbond substituents is 2. The van der Waals surface area contributed by atoms with Gasteiger partial charge in [0.1, 0.15) is 6.04 Å². The molecule has 0 bridgehead atoms. The van der Waals surface area contributed by atoms with Crippen LogP contribution in [-0.2, 0) is 20.7 Å². The molecule has 0 aliphatic heterocycles. The standard InChI is InChI=1S/C30H41NO5/c1-3-4-5-6-7-8-9-10-11-12-13-14-15-16-17-18-19-20-29(34)31-26(30(35)36-2)23-25-21-22-27(32)28(33)24-25/h4-5,7-8,10-11,13-14,16-17,21-22,24,26,32-33H,3,6,9,12,15,18-20,23H2,1-2H3,(H,31,34)/b5-4-,8-7-,11-10-,14-13-,17-16-. The number of amides is 1. The molecule has 1 aromatic carbocycles. The second-order valence-electron chi connectivity index (χ2n) is 8.27. The number of allylic oxidation sites excluding steroid dienone is 10. The van der Waals surface area contributed by atoms with Crippen LogP contribution in [0.2, 0.25) is 0 Å². The number of esters is 1. The van der Waals surface area contributed by atoms with Gasteiger partial charge in [-0.15, -0.1) is 0 Å². The summed E-state index contributed by atoms with van der Waals surface area (Å²) in [6, 6.07) is 3.42. The van der Waals surface area contributed by atoms with Crippen molar-refractivity contribution in [3.8, 4) is 11.5 Å². The fraction of sp³-hybridized carbons (Fsp3) is 0.400. The van der Waals surface area contributed by atoms with Crippen LogP contribution in [0.25, 0.3) is 0 Å². The first-order valence-electron chi connectivity index (χ1n) is 12.6. The van der Waals surface area contributed by atoms with Gasteiger partial charge in [0.2, 0.25) is 5.91 Å². The SMILES string of the molecule is CC/C=C\C/C=C\C/C=C\C/C=C\C/C=C\CCCC(=O)NC(Cc1ccc(O)c(O)c1)C(=O)OC. The summed E-state index contributed by atoms with van der Waals surface area (Å²) in [4.78, 5) is 24.3. The largest absolute Gasteiger partial charge is 0.504 e. The summed E-state index contributed by atoms with van der Waals surface area (Å²) in [5, 5.41) is 21.8. The molecule has 0 saturated carbocycles. The zero-order chi connectivity index (χ0) is 26.4. The van der Waals surface area contributed by atoms with Crippen molar-refractivity contribution in [1.29, 1.82) is 0 Å². The molecular formula is C30H41NO5. The summed E-state index contributed by atoms with van der Waals surface area (Å²) in [6.45, 7) is 2.14. The number of carbonyl (C=O) groups excluding carboxylic acids is 2. The monoisotopic (exact) mass is 495 g/mol. The van der Waals surface area contributed by atoms with Crippen molar-refractivity contribution < 1.29 is 24.5 Å². The lowest BCUT2D eigenvalue weighted by Gasteiger charge is -2.17. The number of aromatic hydroxyl groups is 2. The van der Waals surface area contributed by atoms with Crippen molar-refractivity contribution in [2.75, 3.05) is 7.11 Å². The van der Waals surface area contributed by atoms with Gasteiger partial charge in [-0.25, -0.2) is 4.79 Å². The quantitative estimate of drug-likeness (QED) is 0.103. The minimum Gasteiger partial charge on any atom is -0.504 e. The van der Waals surface area contributed by atoms with Crippen LogP contribution in [0, 0.1) is 0 Å². The van der Waals surface area contributed by atoms with E-state index in [0.717, 1.165) is 38.5 Å². The number of hydrogen-bond donors (Lipinski definition) is 3. The minimum atomic E-state index is -0.861. The third kappa shape index (κ3) is 14.7. The Balaban J connectivity index is 2.23. The van der Waals surface area contributed by atoms with Crippen molar-refractivity contribution >= 4 is 11.9 Å². The van der Waals surface area contributed by atoms with Gasteiger partial charge in [0.25, 0.3) is 0 Å². The number of unbranched alkanes of at least 4 members (excludes halogenated alkanes) is 1. The van der Waals surface area contributed by atoms with E-state index in [-0.39, 0.29) is 23.8 Å². The van der Waals surface area contributed by atoms with Crippen molar-refractivity contribution in [3.05, 3.63) is 84.5 Å². The van der Waals surface area contributed by atoms with Crippen molar-refractivity contribution in [2.45, 2.75) is 70.8 Å². The second-order valence-corrected chi connectivity index (χ2v) is 8.27. The highest BCUT2D eigenvalue weighted by molar-refractivity contribution is 5.84. The van der Waals surface area contributed by atoms with E-state index in [1.54, 1.807) is 6.07 Å². The average Bonchev–Trinajstić information content (AvgIpc) is 2.87. The van der Waals surface area contributed by atoms with Crippen LogP contribution in [0.4, 0.5) is 0 Å². The van der Waals surface area contributed by atoms with Crippen LogP contribution in [0.3, 0.4) is 0 Å². The summed E-state index contributed by atoms with van der Waals surface area (Å²) >= 11 is 0. The highest BCUT2D eigenvalue weighted by Gasteiger charge is 2.22. The van der Waals surface area contributed by atoms with E-state index in [1.165, 1.54) is 19.2 Å². The number of methoxy groups -OCH3 is 1. The number of ether oxygens (including phenoxy) is 1. The van der Waals surface area contributed by atoms with Crippen LogP contribution >= 0.6 is 0 Å². The summed E-state index contributed by atoms with van der Waals surface area (Å²) < 4.78 is 4.79. The lowest BCUT2D eigenvalue weighted by Crippen LogP contribution is -2.43. The normalized spacial score (nSPS) is 12.9. The first-order valence-corrected chi connectivity index (χ1v) is 12.6. The van der Waals surface area contributed by atoms with Crippen molar-refractivity contribution in [2.24, 2.45) is 0 Å². The molecule has 1 aromatic rings. The minimum absolute atomic E-state index is 0.154. The maximum Gasteiger partial charge on any atom is 0.328 e. The maximum absolute atomic E-state index is 12.3. The van der Waals surface area contributed by atoms with Crippen LogP contribution in [-0.4, -0.2) is 35.2 Å². The number of rotatable bonds is 17. The van der Waals surface area contributed by atoms with Crippen LogP contribution in [0.5, 0.6) is 11.5 Å². The molecule has 6 nitrogen and oxygen atoms in total. The van der Waals surface area contributed by atoms with Gasteiger partial charge >= 0.3 is 5.97 Å². The first kappa shape index (κ1) is 30.5. The van der Waals surface area contributed by atoms with E-state index in [9.17, 15) is 19.8 Å². The Morgan fingerprint density at radius 1 is 0.861 bits per heavy atom. The summed E-state index contributed by atoms with van der Waals surface area (Å²) in [6.07, 6.45) is 28.2. The molecule has 1 unspecified atom stereocenters. The van der Waals surface area contributed by atoms with Crippen LogP contribution in [0.15, 0.2) is 79.0 Å². The second kappa shape index (κ2) is 19.7. The number of benzene rings is 1. The fourth-order valence-electron chi connectivity index (χ4n) is 3.28. The molecule has 0 aliphatic carbocycles. The molecule has 0 heterocycles. The molecule has 196 valence electrons. The molecule has 3 N–H and O–H groups in total. The molecule has 36 heavy (non-hydrogen) atoms. The molecule has 0 saturated heterocycles. The Kier molecular flexibility index (Phi) is 16.7. The van der Waals surface area contributed by atoms with Crippen LogP contribution < -0.4 is 5.32 Å². The molecule has 0 aliphatic rings. The molecule has 6 heteroatoms. The van der Waals surface area contributed by atoms with E-state index in [4.69, 9.17) is 4.74 Å². The van der Waals surface area contributed by atoms with E-state index in [2.05, 4.69) is 73.0 Å². The number of nitrogens with one attached hydrogen (secondary N) is 1. The Morgan fingerprint density at radius 2 is 1.42 bits per heavy atom. The average molecular weight is 496 g/mol. The number of phenols is 2. The zero-order valence-corrected chi connectivity index (χ0v) is 21.6. The Morgan fingerprint density at radius 3 is 1.94 bits per heavy atom. The Bertz CT molecular complexity index is 927. The first-order chi connectivity index (χ1) is 17.5. The molecule has 0 radical (unpaired) electrons. The van der Waals surface area contributed by atoms with E-state index in [0.29, 0.717) is 18.4 Å². The third-order valence-electron chi connectivity index (χ3n) is 5.23. The summed E-state index contributed by atoms with van der Waals surface area (Å²) in [5.74, 6) is -1.32. The van der Waals surface area contributed by atoms with Gasteiger partial charge in [-0.1, -0.05) is 73.8 Å². The van der Waals surface area contributed by atoms with Crippen LogP contribution in [0.1, 0.15) is 63.9 Å². The van der Waals surface area contributed by atoms with E-state index >= 15 is 0 Å². The van der Waals surface area contributed by atoms with Crippen molar-refractivity contribution in [3.63, 3.8) is 0 Å².